The quantitative estimate of drug-likeness (QED) is 0.331. The van der Waals surface area contributed by atoms with Crippen molar-refractivity contribution in [3.63, 3.8) is 0 Å². The van der Waals surface area contributed by atoms with Crippen LogP contribution in [0.15, 0.2) is 0 Å². The molecule has 1 aliphatic heterocycles. The second-order valence-corrected chi connectivity index (χ2v) is 9.36. The van der Waals surface area contributed by atoms with Crippen molar-refractivity contribution in [2.24, 2.45) is 5.41 Å². The Balaban J connectivity index is 2.14. The van der Waals surface area contributed by atoms with Gasteiger partial charge in [0.25, 0.3) is 5.91 Å². The number of aliphatic hydroxyl groups excluding tert-OH is 1. The van der Waals surface area contributed by atoms with Crippen molar-refractivity contribution < 1.29 is 19.4 Å². The number of carbonyl (C=O) groups is 2. The van der Waals surface area contributed by atoms with Gasteiger partial charge in [-0.05, 0) is 71.1 Å². The Labute approximate surface area is 171 Å². The number of imide groups is 1. The molecule has 1 saturated heterocycles. The van der Waals surface area contributed by atoms with Gasteiger partial charge in [-0.1, -0.05) is 20.3 Å². The molecule has 0 aromatic rings. The van der Waals surface area contributed by atoms with Gasteiger partial charge in [-0.15, -0.1) is 0 Å². The fourth-order valence-corrected chi connectivity index (χ4v) is 3.86. The topological polar surface area (TPSA) is 70.1 Å². The van der Waals surface area contributed by atoms with Gasteiger partial charge in [-0.3, -0.25) is 9.69 Å². The van der Waals surface area contributed by atoms with E-state index in [1.54, 1.807) is 4.90 Å². The predicted octanol–water partition coefficient (Wildman–Crippen LogP) is 4.21. The van der Waals surface area contributed by atoms with E-state index in [1.807, 2.05) is 20.8 Å². The number of hydrogen-bond acceptors (Lipinski definition) is 4. The average molecular weight is 399 g/mol. The number of amides is 3. The number of hydrogen-bond donors (Lipinski definition) is 1. The Morgan fingerprint density at radius 2 is 1.50 bits per heavy atom. The largest absolute Gasteiger partial charge is 0.396 e. The molecule has 0 aromatic carbocycles. The van der Waals surface area contributed by atoms with Gasteiger partial charge >= 0.3 is 6.03 Å². The fourth-order valence-electron chi connectivity index (χ4n) is 3.86. The maximum Gasteiger partial charge on any atom is 0.327 e. The van der Waals surface area contributed by atoms with Crippen LogP contribution in [-0.2, 0) is 9.53 Å². The van der Waals surface area contributed by atoms with Crippen molar-refractivity contribution >= 4 is 11.9 Å². The van der Waals surface area contributed by atoms with Crippen molar-refractivity contribution in [1.29, 1.82) is 0 Å². The number of nitrogens with zero attached hydrogens (tertiary/aromatic N) is 2. The summed E-state index contributed by atoms with van der Waals surface area (Å²) in [4.78, 5) is 27.6. The van der Waals surface area contributed by atoms with Crippen LogP contribution in [0.5, 0.6) is 0 Å². The van der Waals surface area contributed by atoms with Crippen LogP contribution in [0.25, 0.3) is 0 Å². The van der Waals surface area contributed by atoms with E-state index < -0.39 is 5.54 Å². The predicted molar refractivity (Wildman–Crippen MR) is 112 cm³/mol. The molecule has 1 heterocycles. The van der Waals surface area contributed by atoms with E-state index in [0.29, 0.717) is 12.0 Å². The third kappa shape index (κ3) is 8.08. The second-order valence-electron chi connectivity index (χ2n) is 9.36. The number of carbonyl (C=O) groups excluding carboxylic acids is 2. The summed E-state index contributed by atoms with van der Waals surface area (Å²) in [5, 5.41) is 8.94. The third-order valence-corrected chi connectivity index (χ3v) is 5.76. The SMILES string of the molecule is CCN1CC(=O)N(C(C)(C)CCCCOCCCCC(C)(C)CCCO)C1=O. The Morgan fingerprint density at radius 3 is 2.04 bits per heavy atom. The molecular formula is C22H42N2O4. The van der Waals surface area contributed by atoms with Crippen LogP contribution >= 0.6 is 0 Å². The summed E-state index contributed by atoms with van der Waals surface area (Å²) in [7, 11) is 0. The van der Waals surface area contributed by atoms with Gasteiger partial charge in [0.15, 0.2) is 0 Å². The fraction of sp³-hybridized carbons (Fsp3) is 0.909. The minimum atomic E-state index is -0.446. The summed E-state index contributed by atoms with van der Waals surface area (Å²) in [6.07, 6.45) is 8.00. The van der Waals surface area contributed by atoms with E-state index in [-0.39, 0.29) is 25.1 Å². The second kappa shape index (κ2) is 11.8. The summed E-state index contributed by atoms with van der Waals surface area (Å²) in [6.45, 7) is 12.9. The Morgan fingerprint density at radius 1 is 0.929 bits per heavy atom. The van der Waals surface area contributed by atoms with Crippen LogP contribution in [0, 0.1) is 5.41 Å². The molecule has 1 rings (SSSR count). The number of unbranched alkanes of at least 4 members (excludes halogenated alkanes) is 2. The van der Waals surface area contributed by atoms with Crippen LogP contribution in [0.1, 0.15) is 86.0 Å². The molecule has 0 spiro atoms. The molecule has 3 amide bonds. The van der Waals surface area contributed by atoms with Crippen LogP contribution in [-0.4, -0.2) is 65.3 Å². The van der Waals surface area contributed by atoms with Crippen molar-refractivity contribution in [2.75, 3.05) is 32.9 Å². The molecule has 6 nitrogen and oxygen atoms in total. The van der Waals surface area contributed by atoms with E-state index in [2.05, 4.69) is 13.8 Å². The monoisotopic (exact) mass is 398 g/mol. The lowest BCUT2D eigenvalue weighted by Gasteiger charge is -2.33. The Bertz CT molecular complexity index is 491. The lowest BCUT2D eigenvalue weighted by Crippen LogP contribution is -2.48. The van der Waals surface area contributed by atoms with Crippen LogP contribution in [0.2, 0.25) is 0 Å². The normalized spacial score (nSPS) is 15.8. The van der Waals surface area contributed by atoms with E-state index in [9.17, 15) is 9.59 Å². The molecule has 0 aliphatic carbocycles. The number of ether oxygens (including phenoxy) is 1. The van der Waals surface area contributed by atoms with Crippen molar-refractivity contribution in [2.45, 2.75) is 91.5 Å². The summed E-state index contributed by atoms with van der Waals surface area (Å²) in [6, 6.07) is -0.157. The first-order valence-electron chi connectivity index (χ1n) is 11.0. The molecule has 1 N–H and O–H groups in total. The highest BCUT2D eigenvalue weighted by Gasteiger charge is 2.43. The molecule has 164 valence electrons. The molecule has 0 unspecified atom stereocenters. The minimum Gasteiger partial charge on any atom is -0.396 e. The first-order valence-corrected chi connectivity index (χ1v) is 11.0. The zero-order chi connectivity index (χ0) is 21.2. The molecule has 6 heteroatoms. The van der Waals surface area contributed by atoms with E-state index in [0.717, 1.165) is 64.6 Å². The smallest absolute Gasteiger partial charge is 0.327 e. The van der Waals surface area contributed by atoms with Gasteiger partial charge in [0.1, 0.15) is 6.54 Å². The van der Waals surface area contributed by atoms with Crippen LogP contribution in [0.4, 0.5) is 4.79 Å². The van der Waals surface area contributed by atoms with Gasteiger partial charge in [0.2, 0.25) is 0 Å². The summed E-state index contributed by atoms with van der Waals surface area (Å²) in [5.74, 6) is -0.0880. The molecule has 0 radical (unpaired) electrons. The minimum absolute atomic E-state index is 0.0880. The lowest BCUT2D eigenvalue weighted by molar-refractivity contribution is -0.129. The zero-order valence-electron chi connectivity index (χ0n) is 18.8. The summed E-state index contributed by atoms with van der Waals surface area (Å²) < 4.78 is 5.75. The highest BCUT2D eigenvalue weighted by Crippen LogP contribution is 2.29. The molecule has 1 fully saturated rings. The number of urea groups is 1. The molecule has 0 bridgehead atoms. The van der Waals surface area contributed by atoms with Gasteiger partial charge in [0.05, 0.1) is 0 Å². The molecule has 1 aliphatic rings. The van der Waals surface area contributed by atoms with E-state index >= 15 is 0 Å². The summed E-state index contributed by atoms with van der Waals surface area (Å²) >= 11 is 0. The maximum atomic E-state index is 12.4. The standard InChI is InChI=1S/C22H42N2O4/c1-6-23-18-19(26)24(20(23)27)22(4,5)14-8-10-17-28-16-9-7-12-21(2,3)13-11-15-25/h25H,6-18H2,1-5H3. The highest BCUT2D eigenvalue weighted by molar-refractivity contribution is 6.02. The molecular weight excluding hydrogens is 356 g/mol. The lowest BCUT2D eigenvalue weighted by atomic mass is 9.83. The van der Waals surface area contributed by atoms with Crippen molar-refractivity contribution in [1.82, 2.24) is 9.80 Å². The Kier molecular flexibility index (Phi) is 10.5. The van der Waals surface area contributed by atoms with Gasteiger partial charge in [-0.2, -0.15) is 0 Å². The maximum absolute atomic E-state index is 12.4. The van der Waals surface area contributed by atoms with Gasteiger partial charge < -0.3 is 14.7 Å². The first-order chi connectivity index (χ1) is 13.1. The van der Waals surface area contributed by atoms with Crippen LogP contribution in [0.3, 0.4) is 0 Å². The van der Waals surface area contributed by atoms with E-state index in [4.69, 9.17) is 9.84 Å². The number of rotatable bonds is 15. The third-order valence-electron chi connectivity index (χ3n) is 5.76. The number of likely N-dealkylation sites (N-methyl/N-ethyl adjacent to an activating group) is 1. The summed E-state index contributed by atoms with van der Waals surface area (Å²) in [5.41, 5.74) is -0.148. The molecule has 0 atom stereocenters. The number of aliphatic hydroxyl groups is 1. The average Bonchev–Trinajstić information content (AvgIpc) is 2.92. The molecule has 28 heavy (non-hydrogen) atoms. The molecule has 0 saturated carbocycles. The van der Waals surface area contributed by atoms with Crippen molar-refractivity contribution in [3.8, 4) is 0 Å². The zero-order valence-corrected chi connectivity index (χ0v) is 18.8. The highest BCUT2D eigenvalue weighted by atomic mass is 16.5. The van der Waals surface area contributed by atoms with E-state index in [1.165, 1.54) is 4.90 Å². The van der Waals surface area contributed by atoms with Gasteiger partial charge in [0, 0.05) is 31.9 Å². The van der Waals surface area contributed by atoms with Crippen molar-refractivity contribution in [3.05, 3.63) is 0 Å². The Hall–Kier alpha value is -1.14. The first kappa shape index (κ1) is 24.9. The van der Waals surface area contributed by atoms with Gasteiger partial charge in [-0.25, -0.2) is 4.79 Å². The van der Waals surface area contributed by atoms with Crippen LogP contribution < -0.4 is 0 Å². The molecule has 0 aromatic heterocycles.